The summed E-state index contributed by atoms with van der Waals surface area (Å²) in [6.07, 6.45) is 0. The van der Waals surface area contributed by atoms with Gasteiger partial charge in [-0.2, -0.15) is 0 Å². The highest BCUT2D eigenvalue weighted by Crippen LogP contribution is 2.16. The van der Waals surface area contributed by atoms with Crippen molar-refractivity contribution in [1.29, 1.82) is 0 Å². The van der Waals surface area contributed by atoms with Gasteiger partial charge in [-0.05, 0) is 55.7 Å². The molecule has 2 aromatic carbocycles. The third-order valence-corrected chi connectivity index (χ3v) is 3.29. The van der Waals surface area contributed by atoms with Crippen molar-refractivity contribution in [3.05, 3.63) is 58.9 Å². The van der Waals surface area contributed by atoms with Gasteiger partial charge < -0.3 is 10.6 Å². The Morgan fingerprint density at radius 3 is 2.48 bits per heavy atom. The van der Waals surface area contributed by atoms with Crippen molar-refractivity contribution in [2.24, 2.45) is 0 Å². The van der Waals surface area contributed by atoms with Gasteiger partial charge in [-0.15, -0.1) is 0 Å². The first-order valence-electron chi connectivity index (χ1n) is 6.83. The quantitative estimate of drug-likeness (QED) is 0.897. The van der Waals surface area contributed by atoms with Crippen molar-refractivity contribution < 1.29 is 9.18 Å². The molecule has 2 aromatic rings. The Bertz CT molecular complexity index is 668. The van der Waals surface area contributed by atoms with Gasteiger partial charge in [-0.3, -0.25) is 4.79 Å². The molecule has 0 bridgehead atoms. The second-order valence-corrected chi connectivity index (χ2v) is 5.18. The van der Waals surface area contributed by atoms with Gasteiger partial charge in [0.15, 0.2) is 0 Å². The van der Waals surface area contributed by atoms with E-state index in [2.05, 4.69) is 10.6 Å². The summed E-state index contributed by atoms with van der Waals surface area (Å²) in [5, 5.41) is 5.77. The Labute approximate surface area is 124 Å². The van der Waals surface area contributed by atoms with Crippen molar-refractivity contribution in [3.8, 4) is 0 Å². The van der Waals surface area contributed by atoms with Crippen LogP contribution in [0.5, 0.6) is 0 Å². The van der Waals surface area contributed by atoms with Crippen LogP contribution in [0, 0.1) is 26.6 Å². The van der Waals surface area contributed by atoms with E-state index in [9.17, 15) is 9.18 Å². The molecule has 0 aliphatic rings. The second kappa shape index (κ2) is 6.39. The molecule has 3 nitrogen and oxygen atoms in total. The Morgan fingerprint density at radius 1 is 1.05 bits per heavy atom. The molecule has 0 saturated carbocycles. The van der Waals surface area contributed by atoms with Crippen LogP contribution in [0.3, 0.4) is 0 Å². The Hall–Kier alpha value is -2.36. The summed E-state index contributed by atoms with van der Waals surface area (Å²) in [7, 11) is 0. The number of rotatable bonds is 4. The molecule has 0 heterocycles. The number of benzene rings is 2. The standard InChI is InChI=1S/C17H19FN2O/c1-11-4-5-13(3)16(8-11)19-10-17(21)20-14-7-6-12(2)15(18)9-14/h4-9,19H,10H2,1-3H3,(H,20,21). The largest absolute Gasteiger partial charge is 0.376 e. The number of carbonyl (C=O) groups excluding carboxylic acids is 1. The lowest BCUT2D eigenvalue weighted by atomic mass is 10.1. The molecule has 0 fully saturated rings. The summed E-state index contributed by atoms with van der Waals surface area (Å²) >= 11 is 0. The zero-order valence-corrected chi connectivity index (χ0v) is 12.5. The topological polar surface area (TPSA) is 41.1 Å². The Morgan fingerprint density at radius 2 is 1.76 bits per heavy atom. The van der Waals surface area contributed by atoms with Gasteiger partial charge in [-0.1, -0.05) is 18.2 Å². The van der Waals surface area contributed by atoms with Gasteiger partial charge in [-0.25, -0.2) is 4.39 Å². The first-order valence-corrected chi connectivity index (χ1v) is 6.83. The summed E-state index contributed by atoms with van der Waals surface area (Å²) in [4.78, 5) is 11.9. The van der Waals surface area contributed by atoms with Crippen LogP contribution >= 0.6 is 0 Å². The van der Waals surface area contributed by atoms with Gasteiger partial charge in [0.1, 0.15) is 5.82 Å². The molecule has 0 aliphatic heterocycles. The molecule has 0 saturated heterocycles. The van der Waals surface area contributed by atoms with Crippen LogP contribution in [0.25, 0.3) is 0 Å². The summed E-state index contributed by atoms with van der Waals surface area (Å²) in [5.74, 6) is -0.533. The summed E-state index contributed by atoms with van der Waals surface area (Å²) in [6, 6.07) is 10.7. The maximum Gasteiger partial charge on any atom is 0.243 e. The molecule has 21 heavy (non-hydrogen) atoms. The van der Waals surface area contributed by atoms with Gasteiger partial charge >= 0.3 is 0 Å². The fraction of sp³-hybridized carbons (Fsp3) is 0.235. The molecule has 1 amide bonds. The molecule has 0 aliphatic carbocycles. The maximum absolute atomic E-state index is 13.4. The van der Waals surface area contributed by atoms with Gasteiger partial charge in [0.2, 0.25) is 5.91 Å². The van der Waals surface area contributed by atoms with Crippen LogP contribution in [0.2, 0.25) is 0 Å². The molecule has 0 atom stereocenters. The van der Waals surface area contributed by atoms with E-state index in [0.29, 0.717) is 11.3 Å². The minimum atomic E-state index is -0.324. The fourth-order valence-corrected chi connectivity index (χ4v) is 1.98. The van der Waals surface area contributed by atoms with Crippen LogP contribution in [-0.2, 0) is 4.79 Å². The zero-order chi connectivity index (χ0) is 15.4. The van der Waals surface area contributed by atoms with E-state index < -0.39 is 0 Å². The third-order valence-electron chi connectivity index (χ3n) is 3.29. The van der Waals surface area contributed by atoms with Crippen molar-refractivity contribution in [2.45, 2.75) is 20.8 Å². The zero-order valence-electron chi connectivity index (χ0n) is 12.5. The Kier molecular flexibility index (Phi) is 4.58. The molecule has 0 radical (unpaired) electrons. The molecule has 0 aromatic heterocycles. The van der Waals surface area contributed by atoms with Gasteiger partial charge in [0.05, 0.1) is 6.54 Å². The normalized spacial score (nSPS) is 10.3. The molecule has 2 N–H and O–H groups in total. The minimum Gasteiger partial charge on any atom is -0.376 e. The van der Waals surface area contributed by atoms with Crippen molar-refractivity contribution in [2.75, 3.05) is 17.2 Å². The number of nitrogens with one attached hydrogen (secondary N) is 2. The lowest BCUT2D eigenvalue weighted by Crippen LogP contribution is -2.22. The number of hydrogen-bond donors (Lipinski definition) is 2. The summed E-state index contributed by atoms with van der Waals surface area (Å²) < 4.78 is 13.4. The molecule has 110 valence electrons. The van der Waals surface area contributed by atoms with E-state index in [0.717, 1.165) is 16.8 Å². The highest BCUT2D eigenvalue weighted by molar-refractivity contribution is 5.93. The SMILES string of the molecule is Cc1ccc(C)c(NCC(=O)Nc2ccc(C)c(F)c2)c1. The number of anilines is 2. The highest BCUT2D eigenvalue weighted by Gasteiger charge is 2.06. The van der Waals surface area contributed by atoms with E-state index in [1.807, 2.05) is 32.0 Å². The molecule has 0 spiro atoms. The number of carbonyl (C=O) groups is 1. The molecule has 0 unspecified atom stereocenters. The average molecular weight is 286 g/mol. The van der Waals surface area contributed by atoms with E-state index in [1.165, 1.54) is 6.07 Å². The average Bonchev–Trinajstić information content (AvgIpc) is 2.44. The van der Waals surface area contributed by atoms with Crippen molar-refractivity contribution in [3.63, 3.8) is 0 Å². The molecular weight excluding hydrogens is 267 g/mol. The Balaban J connectivity index is 1.95. The van der Waals surface area contributed by atoms with Crippen LogP contribution in [0.4, 0.5) is 15.8 Å². The van der Waals surface area contributed by atoms with E-state index in [4.69, 9.17) is 0 Å². The minimum absolute atomic E-state index is 0.139. The maximum atomic E-state index is 13.4. The van der Waals surface area contributed by atoms with E-state index >= 15 is 0 Å². The highest BCUT2D eigenvalue weighted by atomic mass is 19.1. The van der Waals surface area contributed by atoms with E-state index in [-0.39, 0.29) is 18.3 Å². The number of hydrogen-bond acceptors (Lipinski definition) is 2. The van der Waals surface area contributed by atoms with Crippen LogP contribution in [-0.4, -0.2) is 12.5 Å². The predicted molar refractivity (Wildman–Crippen MR) is 84.2 cm³/mol. The smallest absolute Gasteiger partial charge is 0.243 e. The second-order valence-electron chi connectivity index (χ2n) is 5.18. The number of aryl methyl sites for hydroxylation is 3. The fourth-order valence-electron chi connectivity index (χ4n) is 1.98. The lowest BCUT2D eigenvalue weighted by Gasteiger charge is -2.11. The molecule has 4 heteroatoms. The lowest BCUT2D eigenvalue weighted by molar-refractivity contribution is -0.114. The third kappa shape index (κ3) is 4.05. The van der Waals surface area contributed by atoms with E-state index in [1.54, 1.807) is 19.1 Å². The molecule has 2 rings (SSSR count). The van der Waals surface area contributed by atoms with Crippen molar-refractivity contribution >= 4 is 17.3 Å². The van der Waals surface area contributed by atoms with Crippen molar-refractivity contribution in [1.82, 2.24) is 0 Å². The summed E-state index contributed by atoms with van der Waals surface area (Å²) in [5.41, 5.74) is 4.16. The van der Waals surface area contributed by atoms with Crippen LogP contribution in [0.15, 0.2) is 36.4 Å². The first kappa shape index (κ1) is 15.0. The predicted octanol–water partition coefficient (Wildman–Crippen LogP) is 3.80. The monoisotopic (exact) mass is 286 g/mol. The number of halogens is 1. The first-order chi connectivity index (χ1) is 9.95. The van der Waals surface area contributed by atoms with Gasteiger partial charge in [0.25, 0.3) is 0 Å². The number of amides is 1. The summed E-state index contributed by atoms with van der Waals surface area (Å²) in [6.45, 7) is 5.80. The molecular formula is C17H19FN2O. The van der Waals surface area contributed by atoms with Gasteiger partial charge in [0, 0.05) is 11.4 Å². The van der Waals surface area contributed by atoms with Crippen LogP contribution in [0.1, 0.15) is 16.7 Å². The van der Waals surface area contributed by atoms with Crippen LogP contribution < -0.4 is 10.6 Å².